The minimum atomic E-state index is 0.756. The molecule has 5 rings (SSSR count). The van der Waals surface area contributed by atoms with E-state index in [1.165, 1.54) is 11.1 Å². The summed E-state index contributed by atoms with van der Waals surface area (Å²) in [4.78, 5) is 2.26. The lowest BCUT2D eigenvalue weighted by Gasteiger charge is -2.28. The fourth-order valence-electron chi connectivity index (χ4n) is 4.10. The Morgan fingerprint density at radius 1 is 0.406 bits per heavy atom. The van der Waals surface area contributed by atoms with E-state index in [0.717, 1.165) is 33.9 Å². The van der Waals surface area contributed by atoms with Crippen molar-refractivity contribution in [3.63, 3.8) is 0 Å². The number of para-hydroxylation sites is 2. The van der Waals surface area contributed by atoms with Crippen LogP contribution in [0.5, 0.6) is 0 Å². The number of nitrogen functional groups attached to an aromatic ring is 1. The van der Waals surface area contributed by atoms with Gasteiger partial charge in [-0.1, -0.05) is 97.1 Å². The van der Waals surface area contributed by atoms with Crippen molar-refractivity contribution in [1.82, 2.24) is 0 Å². The third-order valence-corrected chi connectivity index (χ3v) is 5.63. The van der Waals surface area contributed by atoms with E-state index < -0.39 is 0 Å². The first-order chi connectivity index (χ1) is 15.8. The Balaban J connectivity index is 1.65. The third kappa shape index (κ3) is 3.86. The summed E-state index contributed by atoms with van der Waals surface area (Å²) < 4.78 is 0. The number of hydrogen-bond donors (Lipinski definition) is 1. The summed E-state index contributed by atoms with van der Waals surface area (Å²) in [5.74, 6) is 0. The molecule has 2 nitrogen and oxygen atoms in total. The van der Waals surface area contributed by atoms with Gasteiger partial charge in [0.05, 0.1) is 5.69 Å². The van der Waals surface area contributed by atoms with E-state index in [2.05, 4.69) is 108 Å². The minimum Gasteiger partial charge on any atom is -0.398 e. The largest absolute Gasteiger partial charge is 0.398 e. The van der Waals surface area contributed by atoms with Gasteiger partial charge in [0.15, 0.2) is 0 Å². The highest BCUT2D eigenvalue weighted by Gasteiger charge is 2.18. The SMILES string of the molecule is Nc1cccc(N(c2ccccc2)c2ccccc2)c1-c1ccc(-c2ccccc2)cc1. The first kappa shape index (κ1) is 19.7. The van der Waals surface area contributed by atoms with E-state index in [-0.39, 0.29) is 0 Å². The summed E-state index contributed by atoms with van der Waals surface area (Å²) in [6.07, 6.45) is 0. The van der Waals surface area contributed by atoms with Crippen LogP contribution in [-0.2, 0) is 0 Å². The molecule has 5 aromatic rings. The van der Waals surface area contributed by atoms with Gasteiger partial charge >= 0.3 is 0 Å². The maximum absolute atomic E-state index is 6.57. The van der Waals surface area contributed by atoms with Crippen LogP contribution < -0.4 is 10.6 Å². The van der Waals surface area contributed by atoms with Crippen molar-refractivity contribution >= 4 is 22.7 Å². The maximum atomic E-state index is 6.57. The molecule has 0 heterocycles. The van der Waals surface area contributed by atoms with Gasteiger partial charge in [-0.2, -0.15) is 0 Å². The number of benzene rings is 5. The molecule has 0 amide bonds. The van der Waals surface area contributed by atoms with Gasteiger partial charge in [0, 0.05) is 22.6 Å². The zero-order chi connectivity index (χ0) is 21.8. The predicted octanol–water partition coefficient (Wildman–Crippen LogP) is 8.07. The highest BCUT2D eigenvalue weighted by molar-refractivity contribution is 5.94. The van der Waals surface area contributed by atoms with E-state index in [1.807, 2.05) is 30.3 Å². The second kappa shape index (κ2) is 8.83. The number of anilines is 4. The number of nitrogens with two attached hydrogens (primary N) is 1. The van der Waals surface area contributed by atoms with Crippen LogP contribution in [0, 0.1) is 0 Å². The quantitative estimate of drug-likeness (QED) is 0.296. The summed E-state index contributed by atoms with van der Waals surface area (Å²) in [5.41, 5.74) is 15.1. The van der Waals surface area contributed by atoms with Crippen molar-refractivity contribution in [2.45, 2.75) is 0 Å². The predicted molar refractivity (Wildman–Crippen MR) is 136 cm³/mol. The van der Waals surface area contributed by atoms with Crippen molar-refractivity contribution in [1.29, 1.82) is 0 Å². The second-order valence-electron chi connectivity index (χ2n) is 7.69. The van der Waals surface area contributed by atoms with Crippen molar-refractivity contribution < 1.29 is 0 Å². The average Bonchev–Trinajstić information content (AvgIpc) is 2.86. The molecule has 0 radical (unpaired) electrons. The van der Waals surface area contributed by atoms with Gasteiger partial charge in [-0.3, -0.25) is 0 Å². The monoisotopic (exact) mass is 412 g/mol. The smallest absolute Gasteiger partial charge is 0.0560 e. The summed E-state index contributed by atoms with van der Waals surface area (Å²) in [6, 6.07) is 46.0. The Hall–Kier alpha value is -4.30. The molecule has 0 unspecified atom stereocenters. The Labute approximate surface area is 189 Å². The molecule has 0 bridgehead atoms. The molecule has 0 saturated carbocycles. The average molecular weight is 413 g/mol. The van der Waals surface area contributed by atoms with Crippen LogP contribution in [-0.4, -0.2) is 0 Å². The highest BCUT2D eigenvalue weighted by atomic mass is 15.1. The van der Waals surface area contributed by atoms with Gasteiger partial charge in [-0.05, 0) is 53.1 Å². The second-order valence-corrected chi connectivity index (χ2v) is 7.69. The molecule has 0 aliphatic rings. The van der Waals surface area contributed by atoms with Crippen LogP contribution in [0.3, 0.4) is 0 Å². The summed E-state index contributed by atoms with van der Waals surface area (Å²) in [7, 11) is 0. The molecular weight excluding hydrogens is 388 g/mol. The third-order valence-electron chi connectivity index (χ3n) is 5.63. The Kier molecular flexibility index (Phi) is 5.42. The van der Waals surface area contributed by atoms with Gasteiger partial charge in [-0.25, -0.2) is 0 Å². The fourth-order valence-corrected chi connectivity index (χ4v) is 4.10. The van der Waals surface area contributed by atoms with Gasteiger partial charge in [0.1, 0.15) is 0 Å². The number of nitrogens with zero attached hydrogens (tertiary/aromatic N) is 1. The Bertz CT molecular complexity index is 1260. The first-order valence-corrected chi connectivity index (χ1v) is 10.8. The zero-order valence-corrected chi connectivity index (χ0v) is 17.7. The van der Waals surface area contributed by atoms with E-state index in [9.17, 15) is 0 Å². The molecule has 0 atom stereocenters. The lowest BCUT2D eigenvalue weighted by Crippen LogP contribution is -2.11. The number of hydrogen-bond acceptors (Lipinski definition) is 2. The molecule has 154 valence electrons. The van der Waals surface area contributed by atoms with Gasteiger partial charge in [0.2, 0.25) is 0 Å². The lowest BCUT2D eigenvalue weighted by molar-refractivity contribution is 1.28. The molecule has 2 N–H and O–H groups in total. The Morgan fingerprint density at radius 2 is 0.875 bits per heavy atom. The fraction of sp³-hybridized carbons (Fsp3) is 0. The normalized spacial score (nSPS) is 10.6. The van der Waals surface area contributed by atoms with Crippen LogP contribution in [0.1, 0.15) is 0 Å². The highest BCUT2D eigenvalue weighted by Crippen LogP contribution is 2.43. The van der Waals surface area contributed by atoms with Gasteiger partial charge < -0.3 is 10.6 Å². The van der Waals surface area contributed by atoms with Crippen molar-refractivity contribution in [2.75, 3.05) is 10.6 Å². The molecule has 0 aliphatic carbocycles. The standard InChI is InChI=1S/C30H24N2/c31-28-17-10-18-29(32(26-13-6-2-7-14-26)27-15-8-3-9-16-27)30(28)25-21-19-24(20-22-25)23-11-4-1-5-12-23/h1-22H,31H2. The Morgan fingerprint density at radius 3 is 1.44 bits per heavy atom. The van der Waals surface area contributed by atoms with Crippen molar-refractivity contribution in [2.24, 2.45) is 0 Å². The van der Waals surface area contributed by atoms with Crippen LogP contribution in [0.4, 0.5) is 22.7 Å². The lowest BCUT2D eigenvalue weighted by atomic mass is 9.97. The molecule has 0 aromatic heterocycles. The zero-order valence-electron chi connectivity index (χ0n) is 17.7. The van der Waals surface area contributed by atoms with Gasteiger partial charge in [0.25, 0.3) is 0 Å². The van der Waals surface area contributed by atoms with Crippen molar-refractivity contribution in [3.8, 4) is 22.3 Å². The van der Waals surface area contributed by atoms with Crippen LogP contribution >= 0.6 is 0 Å². The van der Waals surface area contributed by atoms with Crippen LogP contribution in [0.15, 0.2) is 133 Å². The minimum absolute atomic E-state index is 0.756. The van der Waals surface area contributed by atoms with Gasteiger partial charge in [-0.15, -0.1) is 0 Å². The molecule has 5 aromatic carbocycles. The first-order valence-electron chi connectivity index (χ1n) is 10.8. The van der Waals surface area contributed by atoms with Crippen LogP contribution in [0.2, 0.25) is 0 Å². The molecule has 0 fully saturated rings. The molecule has 0 saturated heterocycles. The van der Waals surface area contributed by atoms with E-state index in [1.54, 1.807) is 0 Å². The van der Waals surface area contributed by atoms with Crippen LogP contribution in [0.25, 0.3) is 22.3 Å². The molecular formula is C30H24N2. The van der Waals surface area contributed by atoms with E-state index in [0.29, 0.717) is 0 Å². The molecule has 2 heteroatoms. The molecule has 0 spiro atoms. The van der Waals surface area contributed by atoms with E-state index in [4.69, 9.17) is 5.73 Å². The summed E-state index contributed by atoms with van der Waals surface area (Å²) in [6.45, 7) is 0. The molecule has 32 heavy (non-hydrogen) atoms. The van der Waals surface area contributed by atoms with E-state index >= 15 is 0 Å². The molecule has 0 aliphatic heterocycles. The maximum Gasteiger partial charge on any atom is 0.0560 e. The van der Waals surface area contributed by atoms with Crippen molar-refractivity contribution in [3.05, 3.63) is 133 Å². The number of rotatable bonds is 5. The summed E-state index contributed by atoms with van der Waals surface area (Å²) >= 11 is 0. The topological polar surface area (TPSA) is 29.3 Å². The summed E-state index contributed by atoms with van der Waals surface area (Å²) in [5, 5.41) is 0.